The molecule has 0 aliphatic carbocycles. The summed E-state index contributed by atoms with van der Waals surface area (Å²) in [6.07, 6.45) is 1.26. The molecule has 0 amide bonds. The van der Waals surface area contributed by atoms with Crippen molar-refractivity contribution in [2.75, 3.05) is 0 Å². The van der Waals surface area contributed by atoms with Crippen LogP contribution in [0.4, 0.5) is 0 Å². The maximum atomic E-state index is 11.4. The Balaban J connectivity index is 2.76. The van der Waals surface area contributed by atoms with Crippen LogP contribution in [-0.2, 0) is 11.2 Å². The monoisotopic (exact) mass is 244 g/mol. The van der Waals surface area contributed by atoms with Gasteiger partial charge in [-0.1, -0.05) is 43.1 Å². The van der Waals surface area contributed by atoms with E-state index < -0.39 is 0 Å². The topological polar surface area (TPSA) is 17.1 Å². The number of hydrogen-bond acceptors (Lipinski definition) is 1. The third-order valence-electron chi connectivity index (χ3n) is 2.44. The van der Waals surface area contributed by atoms with Crippen LogP contribution in [0, 0.1) is 5.92 Å². The van der Waals surface area contributed by atoms with Crippen molar-refractivity contribution < 1.29 is 4.79 Å². The molecule has 1 aromatic rings. The van der Waals surface area contributed by atoms with Gasteiger partial charge in [0.05, 0.1) is 0 Å². The summed E-state index contributed by atoms with van der Waals surface area (Å²) in [7, 11) is 0. The number of ketones is 1. The van der Waals surface area contributed by atoms with Crippen LogP contribution in [0.15, 0.2) is 18.2 Å². The summed E-state index contributed by atoms with van der Waals surface area (Å²) >= 11 is 11.8. The van der Waals surface area contributed by atoms with Gasteiger partial charge < -0.3 is 0 Å². The second-order valence-electron chi connectivity index (χ2n) is 3.66. The summed E-state index contributed by atoms with van der Waals surface area (Å²) in [5.74, 6) is 0.287. The predicted octanol–water partition coefficient (Wildman–Crippen LogP) is 4.15. The minimum atomic E-state index is 0.0219. The average Bonchev–Trinajstić information content (AvgIpc) is 2.20. The smallest absolute Gasteiger partial charge is 0.135 e. The number of hydrogen-bond donors (Lipinski definition) is 0. The number of halogens is 2. The van der Waals surface area contributed by atoms with Crippen LogP contribution in [0.1, 0.15) is 25.8 Å². The molecule has 0 aliphatic rings. The van der Waals surface area contributed by atoms with Crippen LogP contribution in [0.3, 0.4) is 0 Å². The highest BCUT2D eigenvalue weighted by Gasteiger charge is 2.13. The summed E-state index contributed by atoms with van der Waals surface area (Å²) in [6, 6.07) is 5.39. The van der Waals surface area contributed by atoms with Crippen LogP contribution in [0.2, 0.25) is 10.0 Å². The fourth-order valence-corrected chi connectivity index (χ4v) is 1.97. The Hall–Kier alpha value is -0.530. The third-order valence-corrected chi connectivity index (χ3v) is 3.03. The lowest BCUT2D eigenvalue weighted by Crippen LogP contribution is -2.12. The van der Waals surface area contributed by atoms with Crippen molar-refractivity contribution in [2.24, 2.45) is 5.92 Å². The quantitative estimate of drug-likeness (QED) is 0.778. The molecule has 1 nitrogen and oxygen atoms in total. The number of carbonyl (C=O) groups is 1. The molecule has 3 heteroatoms. The summed E-state index contributed by atoms with van der Waals surface area (Å²) in [4.78, 5) is 11.4. The summed E-state index contributed by atoms with van der Waals surface area (Å²) < 4.78 is 0. The van der Waals surface area contributed by atoms with E-state index in [2.05, 4.69) is 0 Å². The first-order chi connectivity index (χ1) is 7.04. The van der Waals surface area contributed by atoms with Crippen LogP contribution >= 0.6 is 23.2 Å². The van der Waals surface area contributed by atoms with Crippen molar-refractivity contribution in [2.45, 2.75) is 26.7 Å². The molecule has 0 radical (unpaired) electrons. The fraction of sp³-hybridized carbons (Fsp3) is 0.417. The zero-order valence-electron chi connectivity index (χ0n) is 8.89. The molecule has 0 heterocycles. The molecule has 0 saturated heterocycles. The van der Waals surface area contributed by atoms with Crippen molar-refractivity contribution in [3.63, 3.8) is 0 Å². The number of Topliss-reactive ketones (excluding diaryl/α,β-unsaturated/α-hetero) is 1. The predicted molar refractivity (Wildman–Crippen MR) is 64.6 cm³/mol. The van der Waals surface area contributed by atoms with Gasteiger partial charge in [-0.15, -0.1) is 0 Å². The fourth-order valence-electron chi connectivity index (χ4n) is 1.48. The number of rotatable bonds is 4. The minimum Gasteiger partial charge on any atom is -0.299 e. The first-order valence-corrected chi connectivity index (χ1v) is 5.76. The zero-order chi connectivity index (χ0) is 11.4. The van der Waals surface area contributed by atoms with Gasteiger partial charge in [0, 0.05) is 22.4 Å². The lowest BCUT2D eigenvalue weighted by molar-refractivity contribution is -0.122. The van der Waals surface area contributed by atoms with Gasteiger partial charge in [-0.3, -0.25) is 4.79 Å². The molecule has 0 spiro atoms. The number of benzene rings is 1. The van der Waals surface area contributed by atoms with E-state index >= 15 is 0 Å². The first-order valence-electron chi connectivity index (χ1n) is 5.01. The van der Waals surface area contributed by atoms with Crippen molar-refractivity contribution in [3.8, 4) is 0 Å². The van der Waals surface area contributed by atoms with Gasteiger partial charge in [-0.05, 0) is 24.1 Å². The Morgan fingerprint density at radius 1 is 1.40 bits per heavy atom. The highest BCUT2D eigenvalue weighted by atomic mass is 35.5. The number of carbonyl (C=O) groups excluding carboxylic acids is 1. The summed E-state index contributed by atoms with van der Waals surface area (Å²) in [5, 5.41) is 1.26. The van der Waals surface area contributed by atoms with Gasteiger partial charge in [0.2, 0.25) is 0 Å². The molecule has 1 rings (SSSR count). The van der Waals surface area contributed by atoms with Gasteiger partial charge in [-0.2, -0.15) is 0 Å². The lowest BCUT2D eigenvalue weighted by atomic mass is 9.96. The van der Waals surface area contributed by atoms with E-state index in [0.29, 0.717) is 22.9 Å². The normalized spacial score (nSPS) is 12.5. The molecule has 15 heavy (non-hydrogen) atoms. The Morgan fingerprint density at radius 2 is 2.07 bits per heavy atom. The van der Waals surface area contributed by atoms with Gasteiger partial charge in [0.15, 0.2) is 0 Å². The van der Waals surface area contributed by atoms with Crippen molar-refractivity contribution >= 4 is 29.0 Å². The zero-order valence-corrected chi connectivity index (χ0v) is 10.4. The molecule has 0 aliphatic heterocycles. The summed E-state index contributed by atoms with van der Waals surface area (Å²) in [5.41, 5.74) is 0.982. The molecule has 0 fully saturated rings. The maximum Gasteiger partial charge on any atom is 0.135 e. The highest BCUT2D eigenvalue weighted by Crippen LogP contribution is 2.23. The van der Waals surface area contributed by atoms with E-state index in [1.54, 1.807) is 12.1 Å². The molecule has 1 unspecified atom stereocenters. The van der Waals surface area contributed by atoms with Crippen LogP contribution < -0.4 is 0 Å². The van der Waals surface area contributed by atoms with Gasteiger partial charge in [0.25, 0.3) is 0 Å². The largest absolute Gasteiger partial charge is 0.299 e. The van der Waals surface area contributed by atoms with Crippen LogP contribution in [-0.4, -0.2) is 5.78 Å². The first kappa shape index (κ1) is 12.5. The van der Waals surface area contributed by atoms with Gasteiger partial charge >= 0.3 is 0 Å². The van der Waals surface area contributed by atoms with Crippen molar-refractivity contribution in [1.82, 2.24) is 0 Å². The molecule has 82 valence electrons. The molecular formula is C12H14Cl2O. The average molecular weight is 245 g/mol. The van der Waals surface area contributed by atoms with E-state index in [1.807, 2.05) is 19.9 Å². The van der Waals surface area contributed by atoms with E-state index in [1.165, 1.54) is 0 Å². The van der Waals surface area contributed by atoms with E-state index in [4.69, 9.17) is 23.2 Å². The van der Waals surface area contributed by atoms with Crippen molar-refractivity contribution in [1.29, 1.82) is 0 Å². The second kappa shape index (κ2) is 5.53. The van der Waals surface area contributed by atoms with Gasteiger partial charge in [-0.25, -0.2) is 0 Å². The Labute approximate surface area is 100 Å². The summed E-state index contributed by atoms with van der Waals surface area (Å²) in [6.45, 7) is 3.80. The second-order valence-corrected chi connectivity index (χ2v) is 4.50. The van der Waals surface area contributed by atoms with E-state index in [-0.39, 0.29) is 11.7 Å². The Morgan fingerprint density at radius 3 is 2.60 bits per heavy atom. The van der Waals surface area contributed by atoms with Crippen LogP contribution in [0.25, 0.3) is 0 Å². The lowest BCUT2D eigenvalue weighted by Gasteiger charge is -2.10. The molecule has 1 aromatic carbocycles. The maximum absolute atomic E-state index is 11.4. The van der Waals surface area contributed by atoms with Crippen LogP contribution in [0.5, 0.6) is 0 Å². The third kappa shape index (κ3) is 3.51. The highest BCUT2D eigenvalue weighted by molar-refractivity contribution is 6.35. The Bertz CT molecular complexity index is 361. The standard InChI is InChI=1S/C12H14Cl2O/c1-3-12(15)8(2)6-9-4-5-10(13)7-11(9)14/h4-5,7-8H,3,6H2,1-2H3. The molecular weight excluding hydrogens is 231 g/mol. The minimum absolute atomic E-state index is 0.0219. The molecule has 0 bridgehead atoms. The van der Waals surface area contributed by atoms with E-state index in [0.717, 1.165) is 5.56 Å². The van der Waals surface area contributed by atoms with E-state index in [9.17, 15) is 4.79 Å². The molecule has 1 atom stereocenters. The molecule has 0 aromatic heterocycles. The van der Waals surface area contributed by atoms with Gasteiger partial charge in [0.1, 0.15) is 5.78 Å². The SMILES string of the molecule is CCC(=O)C(C)Cc1ccc(Cl)cc1Cl. The van der Waals surface area contributed by atoms with Crippen molar-refractivity contribution in [3.05, 3.63) is 33.8 Å². The molecule has 0 saturated carbocycles. The Kier molecular flexibility index (Phi) is 4.62. The molecule has 0 N–H and O–H groups in total.